The van der Waals surface area contributed by atoms with Crippen LogP contribution in [0.3, 0.4) is 0 Å². The first-order valence-corrected chi connectivity index (χ1v) is 7.21. The molecule has 0 radical (unpaired) electrons. The van der Waals surface area contributed by atoms with Gasteiger partial charge in [0.2, 0.25) is 0 Å². The van der Waals surface area contributed by atoms with Crippen molar-refractivity contribution >= 4 is 5.78 Å². The molecule has 2 aromatic rings. The first-order valence-electron chi connectivity index (χ1n) is 7.21. The minimum atomic E-state index is 0.210. The van der Waals surface area contributed by atoms with E-state index < -0.39 is 0 Å². The smallest absolute Gasteiger partial charge is 0.141 e. The number of rotatable bonds is 5. The first kappa shape index (κ1) is 15.3. The molecule has 2 rings (SSSR count). The number of benzene rings is 2. The van der Waals surface area contributed by atoms with E-state index >= 15 is 0 Å². The minimum absolute atomic E-state index is 0.210. The van der Waals surface area contributed by atoms with Gasteiger partial charge in [0.15, 0.2) is 0 Å². The number of hydrogen-bond donors (Lipinski definition) is 0. The first-order chi connectivity index (χ1) is 9.99. The fourth-order valence-electron chi connectivity index (χ4n) is 2.46. The van der Waals surface area contributed by atoms with Crippen molar-refractivity contribution in [2.45, 2.75) is 33.6 Å². The van der Waals surface area contributed by atoms with E-state index in [0.717, 1.165) is 22.4 Å². The third kappa shape index (κ3) is 3.94. The van der Waals surface area contributed by atoms with Crippen molar-refractivity contribution in [1.82, 2.24) is 0 Å². The van der Waals surface area contributed by atoms with E-state index in [0.29, 0.717) is 12.8 Å². The summed E-state index contributed by atoms with van der Waals surface area (Å²) in [6, 6.07) is 12.2. The van der Waals surface area contributed by atoms with Crippen LogP contribution in [0.5, 0.6) is 5.75 Å². The van der Waals surface area contributed by atoms with Crippen LogP contribution in [0.15, 0.2) is 36.4 Å². The maximum absolute atomic E-state index is 12.3. The number of methoxy groups -OCH3 is 1. The molecule has 0 N–H and O–H groups in total. The van der Waals surface area contributed by atoms with Crippen LogP contribution in [0.1, 0.15) is 27.8 Å². The summed E-state index contributed by atoms with van der Waals surface area (Å²) in [6.07, 6.45) is 0.885. The van der Waals surface area contributed by atoms with E-state index in [1.165, 1.54) is 11.1 Å². The van der Waals surface area contributed by atoms with Crippen molar-refractivity contribution in [3.63, 3.8) is 0 Å². The Labute approximate surface area is 126 Å². The SMILES string of the molecule is COc1ccc(C)cc1CC(=O)Cc1ccc(C)c(C)c1. The third-order valence-electron chi connectivity index (χ3n) is 3.80. The topological polar surface area (TPSA) is 26.3 Å². The fraction of sp³-hybridized carbons (Fsp3) is 0.316. The molecule has 0 amide bonds. The van der Waals surface area contributed by atoms with Crippen LogP contribution < -0.4 is 4.74 Å². The van der Waals surface area contributed by atoms with E-state index in [-0.39, 0.29) is 5.78 Å². The lowest BCUT2D eigenvalue weighted by Crippen LogP contribution is -2.08. The Hall–Kier alpha value is -2.09. The van der Waals surface area contributed by atoms with Gasteiger partial charge in [-0.1, -0.05) is 35.9 Å². The molecule has 0 saturated carbocycles. The molecule has 2 heteroatoms. The van der Waals surface area contributed by atoms with E-state index in [1.54, 1.807) is 7.11 Å². The summed E-state index contributed by atoms with van der Waals surface area (Å²) < 4.78 is 5.33. The largest absolute Gasteiger partial charge is 0.496 e. The highest BCUT2D eigenvalue weighted by Crippen LogP contribution is 2.21. The summed E-state index contributed by atoms with van der Waals surface area (Å²) in [5.74, 6) is 0.996. The molecule has 0 fully saturated rings. The molecule has 0 aliphatic rings. The molecule has 0 aliphatic heterocycles. The van der Waals surface area contributed by atoms with E-state index in [4.69, 9.17) is 4.74 Å². The summed E-state index contributed by atoms with van der Waals surface area (Å²) in [5.41, 5.74) is 5.67. The second-order valence-corrected chi connectivity index (χ2v) is 5.63. The normalized spacial score (nSPS) is 10.5. The van der Waals surface area contributed by atoms with Crippen LogP contribution in [-0.2, 0) is 17.6 Å². The lowest BCUT2D eigenvalue weighted by Gasteiger charge is -2.09. The van der Waals surface area contributed by atoms with Gasteiger partial charge in [-0.15, -0.1) is 0 Å². The molecule has 0 spiro atoms. The second kappa shape index (κ2) is 6.57. The predicted octanol–water partition coefficient (Wildman–Crippen LogP) is 3.97. The molecule has 0 saturated heterocycles. The highest BCUT2D eigenvalue weighted by molar-refractivity contribution is 5.83. The van der Waals surface area contributed by atoms with Gasteiger partial charge in [0.1, 0.15) is 11.5 Å². The lowest BCUT2D eigenvalue weighted by atomic mass is 9.98. The number of carbonyl (C=O) groups excluding carboxylic acids is 1. The van der Waals surface area contributed by atoms with Gasteiger partial charge >= 0.3 is 0 Å². The number of carbonyl (C=O) groups is 1. The average Bonchev–Trinajstić information content (AvgIpc) is 2.43. The molecule has 110 valence electrons. The molecule has 0 aromatic heterocycles. The quantitative estimate of drug-likeness (QED) is 0.829. The molecular formula is C19H22O2. The number of Topliss-reactive ketones (excluding diaryl/α,β-unsaturated/α-hetero) is 1. The van der Waals surface area contributed by atoms with Crippen molar-refractivity contribution in [2.75, 3.05) is 7.11 Å². The van der Waals surface area contributed by atoms with Gasteiger partial charge in [-0.25, -0.2) is 0 Å². The maximum Gasteiger partial charge on any atom is 0.141 e. The zero-order chi connectivity index (χ0) is 15.4. The highest BCUT2D eigenvalue weighted by Gasteiger charge is 2.10. The Morgan fingerprint density at radius 1 is 0.952 bits per heavy atom. The monoisotopic (exact) mass is 282 g/mol. The minimum Gasteiger partial charge on any atom is -0.496 e. The molecule has 0 atom stereocenters. The van der Waals surface area contributed by atoms with E-state index in [2.05, 4.69) is 26.0 Å². The van der Waals surface area contributed by atoms with Crippen molar-refractivity contribution in [2.24, 2.45) is 0 Å². The lowest BCUT2D eigenvalue weighted by molar-refractivity contribution is -0.117. The summed E-state index contributed by atoms with van der Waals surface area (Å²) in [7, 11) is 1.64. The molecule has 0 heterocycles. The molecular weight excluding hydrogens is 260 g/mol. The summed E-state index contributed by atoms with van der Waals surface area (Å²) in [4.78, 5) is 12.3. The van der Waals surface area contributed by atoms with Crippen molar-refractivity contribution in [1.29, 1.82) is 0 Å². The Balaban J connectivity index is 2.11. The predicted molar refractivity (Wildman–Crippen MR) is 86.1 cm³/mol. The molecule has 0 bridgehead atoms. The van der Waals surface area contributed by atoms with Gasteiger partial charge in [-0.2, -0.15) is 0 Å². The molecule has 0 unspecified atom stereocenters. The van der Waals surface area contributed by atoms with Crippen LogP contribution in [0, 0.1) is 20.8 Å². The van der Waals surface area contributed by atoms with E-state index in [9.17, 15) is 4.79 Å². The molecule has 2 nitrogen and oxygen atoms in total. The third-order valence-corrected chi connectivity index (χ3v) is 3.80. The number of aryl methyl sites for hydroxylation is 3. The Morgan fingerprint density at radius 2 is 1.71 bits per heavy atom. The zero-order valence-corrected chi connectivity index (χ0v) is 13.2. The van der Waals surface area contributed by atoms with Gasteiger partial charge in [0.05, 0.1) is 7.11 Å². The average molecular weight is 282 g/mol. The standard InChI is InChI=1S/C19H22O2/c1-13-5-8-19(21-4)17(9-13)12-18(20)11-16-7-6-14(2)15(3)10-16/h5-10H,11-12H2,1-4H3. The Morgan fingerprint density at radius 3 is 2.38 bits per heavy atom. The van der Waals surface area contributed by atoms with Crippen molar-refractivity contribution < 1.29 is 9.53 Å². The van der Waals surface area contributed by atoms with Crippen molar-refractivity contribution in [3.05, 3.63) is 64.2 Å². The van der Waals surface area contributed by atoms with Gasteiger partial charge in [-0.05, 0) is 43.5 Å². The van der Waals surface area contributed by atoms with Gasteiger partial charge < -0.3 is 4.74 Å². The highest BCUT2D eigenvalue weighted by atomic mass is 16.5. The summed E-state index contributed by atoms with van der Waals surface area (Å²) >= 11 is 0. The van der Waals surface area contributed by atoms with Crippen LogP contribution >= 0.6 is 0 Å². The van der Waals surface area contributed by atoms with Crippen molar-refractivity contribution in [3.8, 4) is 5.75 Å². The van der Waals surface area contributed by atoms with Crippen LogP contribution in [0.25, 0.3) is 0 Å². The molecule has 0 aliphatic carbocycles. The Bertz CT molecular complexity index is 657. The fourth-order valence-corrected chi connectivity index (χ4v) is 2.46. The van der Waals surface area contributed by atoms with E-state index in [1.807, 2.05) is 31.2 Å². The van der Waals surface area contributed by atoms with Crippen LogP contribution in [0.4, 0.5) is 0 Å². The Kier molecular flexibility index (Phi) is 4.79. The molecule has 21 heavy (non-hydrogen) atoms. The zero-order valence-electron chi connectivity index (χ0n) is 13.2. The second-order valence-electron chi connectivity index (χ2n) is 5.63. The van der Waals surface area contributed by atoms with Gasteiger partial charge in [0.25, 0.3) is 0 Å². The van der Waals surface area contributed by atoms with Gasteiger partial charge in [-0.3, -0.25) is 4.79 Å². The van der Waals surface area contributed by atoms with Crippen LogP contribution in [-0.4, -0.2) is 12.9 Å². The number of ketones is 1. The summed E-state index contributed by atoms with van der Waals surface area (Å²) in [6.45, 7) is 6.18. The summed E-state index contributed by atoms with van der Waals surface area (Å²) in [5, 5.41) is 0. The van der Waals surface area contributed by atoms with Gasteiger partial charge in [0, 0.05) is 18.4 Å². The number of ether oxygens (including phenoxy) is 1. The molecule has 2 aromatic carbocycles. The van der Waals surface area contributed by atoms with Crippen LogP contribution in [0.2, 0.25) is 0 Å². The number of hydrogen-bond acceptors (Lipinski definition) is 2. The maximum atomic E-state index is 12.3.